The van der Waals surface area contributed by atoms with Gasteiger partial charge in [0.25, 0.3) is 0 Å². The minimum atomic E-state index is 1.03. The molecular formula is C49H46N2. The third kappa shape index (κ3) is 8.83. The maximum absolute atomic E-state index is 4.02. The fourth-order valence-corrected chi connectivity index (χ4v) is 6.19. The van der Waals surface area contributed by atoms with Crippen molar-refractivity contribution in [3.63, 3.8) is 0 Å². The molecule has 0 spiro atoms. The van der Waals surface area contributed by atoms with Crippen molar-refractivity contribution in [1.29, 1.82) is 0 Å². The molecule has 0 aromatic heterocycles. The van der Waals surface area contributed by atoms with Crippen molar-refractivity contribution in [2.75, 3.05) is 16.8 Å². The van der Waals surface area contributed by atoms with Crippen molar-refractivity contribution in [3.8, 4) is 0 Å². The van der Waals surface area contributed by atoms with E-state index >= 15 is 0 Å². The largest absolute Gasteiger partial charge is 0.344 e. The summed E-state index contributed by atoms with van der Waals surface area (Å²) >= 11 is 0. The summed E-state index contributed by atoms with van der Waals surface area (Å²) < 4.78 is 0. The van der Waals surface area contributed by atoms with Crippen LogP contribution in [0.15, 0.2) is 196 Å². The van der Waals surface area contributed by atoms with Crippen molar-refractivity contribution in [3.05, 3.63) is 218 Å². The Balaban J connectivity index is 1.68. The molecule has 1 aliphatic carbocycles. The molecule has 0 atom stereocenters. The van der Waals surface area contributed by atoms with Gasteiger partial charge in [0, 0.05) is 40.9 Å². The van der Waals surface area contributed by atoms with Crippen molar-refractivity contribution in [2.24, 2.45) is 0 Å². The van der Waals surface area contributed by atoms with Crippen molar-refractivity contribution in [1.82, 2.24) is 0 Å². The highest BCUT2D eigenvalue weighted by Gasteiger charge is 2.19. The van der Waals surface area contributed by atoms with Crippen molar-refractivity contribution >= 4 is 51.2 Å². The Morgan fingerprint density at radius 2 is 1.41 bits per heavy atom. The second kappa shape index (κ2) is 17.9. The predicted molar refractivity (Wildman–Crippen MR) is 226 cm³/mol. The van der Waals surface area contributed by atoms with Crippen LogP contribution >= 0.6 is 0 Å². The Morgan fingerprint density at radius 3 is 2.06 bits per heavy atom. The zero-order valence-electron chi connectivity index (χ0n) is 29.8. The summed E-state index contributed by atoms with van der Waals surface area (Å²) in [7, 11) is 2.13. The average Bonchev–Trinajstić information content (AvgIpc) is 3.72. The van der Waals surface area contributed by atoms with E-state index < -0.39 is 0 Å². The molecule has 0 unspecified atom stereocenters. The van der Waals surface area contributed by atoms with Gasteiger partial charge in [-0.15, -0.1) is 5.73 Å². The standard InChI is InChI=1S/C49H46N2/c1-7-12-13-14-21-38-22-17-25-46(36-38)50(6)49-37-47(34-35-48(49)43(19-9-3)20-10-4)51(44-30-26-41(27-31-44)39(11-5)18-8-2)45-32-28-42(29-33-45)40-23-15-16-24-40/h7-15,17-22,25-37H,1-3,5,16,24H2,4,6H3/b13-12-,20-10-,21-14?,39-18+,43-19+. The van der Waals surface area contributed by atoms with E-state index in [1.54, 1.807) is 12.2 Å². The van der Waals surface area contributed by atoms with E-state index in [0.29, 0.717) is 0 Å². The summed E-state index contributed by atoms with van der Waals surface area (Å²) in [6.07, 6.45) is 27.8. The molecule has 5 rings (SSSR count). The van der Waals surface area contributed by atoms with Gasteiger partial charge in [-0.2, -0.15) is 0 Å². The van der Waals surface area contributed by atoms with Crippen molar-refractivity contribution < 1.29 is 0 Å². The molecule has 0 saturated heterocycles. The fourth-order valence-electron chi connectivity index (χ4n) is 6.19. The van der Waals surface area contributed by atoms with E-state index in [1.807, 2.05) is 43.4 Å². The van der Waals surface area contributed by atoms with Crippen LogP contribution in [-0.4, -0.2) is 7.05 Å². The number of anilines is 5. The van der Waals surface area contributed by atoms with Gasteiger partial charge in [0.15, 0.2) is 0 Å². The summed E-state index contributed by atoms with van der Waals surface area (Å²) in [5.74, 6) is 0. The minimum absolute atomic E-state index is 1.03. The lowest BCUT2D eigenvalue weighted by Gasteiger charge is -2.29. The molecule has 0 heterocycles. The summed E-state index contributed by atoms with van der Waals surface area (Å²) in [6.45, 7) is 17.7. The first-order chi connectivity index (χ1) is 25.0. The molecule has 0 radical (unpaired) electrons. The lowest BCUT2D eigenvalue weighted by Crippen LogP contribution is -2.15. The zero-order chi connectivity index (χ0) is 36.0. The predicted octanol–water partition coefficient (Wildman–Crippen LogP) is 13.9. The maximum Gasteiger partial charge on any atom is 0.0508 e. The highest BCUT2D eigenvalue weighted by molar-refractivity contribution is 5.90. The molecule has 0 N–H and O–H groups in total. The number of hydrogen-bond donors (Lipinski definition) is 0. The van der Waals surface area contributed by atoms with Crippen LogP contribution in [0.25, 0.3) is 22.8 Å². The van der Waals surface area contributed by atoms with Gasteiger partial charge >= 0.3 is 0 Å². The van der Waals surface area contributed by atoms with Crippen LogP contribution in [0.4, 0.5) is 28.4 Å². The number of nitrogens with zero attached hydrogens (tertiary/aromatic N) is 2. The van der Waals surface area contributed by atoms with Crippen LogP contribution in [0.3, 0.4) is 0 Å². The third-order valence-corrected chi connectivity index (χ3v) is 8.73. The Kier molecular flexibility index (Phi) is 12.6. The molecule has 2 nitrogen and oxygen atoms in total. The zero-order valence-corrected chi connectivity index (χ0v) is 29.8. The van der Waals surface area contributed by atoms with E-state index in [4.69, 9.17) is 0 Å². The monoisotopic (exact) mass is 662 g/mol. The van der Waals surface area contributed by atoms with Gasteiger partial charge in [-0.3, -0.25) is 0 Å². The van der Waals surface area contributed by atoms with E-state index in [9.17, 15) is 0 Å². The molecule has 0 aliphatic heterocycles. The molecule has 252 valence electrons. The van der Waals surface area contributed by atoms with E-state index in [-0.39, 0.29) is 0 Å². The third-order valence-electron chi connectivity index (χ3n) is 8.73. The first-order valence-electron chi connectivity index (χ1n) is 17.3. The lowest BCUT2D eigenvalue weighted by atomic mass is 9.99. The Labute approximate surface area is 305 Å². The molecule has 0 saturated carbocycles. The average molecular weight is 663 g/mol. The number of rotatable bonds is 15. The Hall–Kier alpha value is -6.34. The van der Waals surface area contributed by atoms with Crippen LogP contribution in [0.1, 0.15) is 42.0 Å². The quantitative estimate of drug-likeness (QED) is 0.0923. The molecule has 0 bridgehead atoms. The van der Waals surface area contributed by atoms with Gasteiger partial charge in [0.05, 0.1) is 5.69 Å². The molecule has 4 aromatic carbocycles. The Morgan fingerprint density at radius 1 is 0.706 bits per heavy atom. The van der Waals surface area contributed by atoms with Gasteiger partial charge < -0.3 is 9.80 Å². The lowest BCUT2D eigenvalue weighted by molar-refractivity contribution is 1.10. The fraction of sp³-hybridized carbons (Fsp3) is 0.0816. The van der Waals surface area contributed by atoms with Crippen LogP contribution in [0, 0.1) is 0 Å². The summed E-state index contributed by atoms with van der Waals surface area (Å²) in [5, 5.41) is 0. The van der Waals surface area contributed by atoms with Crippen LogP contribution in [0.2, 0.25) is 0 Å². The Bertz CT molecular complexity index is 2100. The first kappa shape index (κ1) is 36.0. The molecule has 0 amide bonds. The smallest absolute Gasteiger partial charge is 0.0508 e. The highest BCUT2D eigenvalue weighted by Crippen LogP contribution is 2.41. The van der Waals surface area contributed by atoms with Gasteiger partial charge in [-0.05, 0) is 102 Å². The maximum atomic E-state index is 4.02. The SMILES string of the molecule is C=C/C=C\C=Cc1cccc(N(C)c2cc(N(c3ccc(C4=C=CCC4)cc3)c3ccc(/C(C=C)=C/C=C)cc3)ccc2C(/C=C\C)=C/C=C)c1. The molecule has 2 heteroatoms. The van der Waals surface area contributed by atoms with Gasteiger partial charge in [-0.25, -0.2) is 0 Å². The molecule has 0 fully saturated rings. The van der Waals surface area contributed by atoms with Crippen molar-refractivity contribution in [2.45, 2.75) is 19.8 Å². The number of hydrogen-bond acceptors (Lipinski definition) is 2. The van der Waals surface area contributed by atoms with Gasteiger partial charge in [-0.1, -0.05) is 142 Å². The second-order valence-electron chi connectivity index (χ2n) is 12.0. The normalized spacial score (nSPS) is 13.2. The molecule has 4 aromatic rings. The summed E-state index contributed by atoms with van der Waals surface area (Å²) in [6, 6.07) is 32.7. The minimum Gasteiger partial charge on any atom is -0.344 e. The van der Waals surface area contributed by atoms with Crippen LogP contribution < -0.4 is 9.80 Å². The first-order valence-corrected chi connectivity index (χ1v) is 17.3. The second-order valence-corrected chi connectivity index (χ2v) is 12.0. The van der Waals surface area contributed by atoms with Crippen LogP contribution in [-0.2, 0) is 0 Å². The molecule has 51 heavy (non-hydrogen) atoms. The summed E-state index contributed by atoms with van der Waals surface area (Å²) in [4.78, 5) is 4.58. The van der Waals surface area contributed by atoms with Crippen LogP contribution in [0.5, 0.6) is 0 Å². The number of allylic oxidation sites excluding steroid dienone is 14. The van der Waals surface area contributed by atoms with Gasteiger partial charge in [0.2, 0.25) is 0 Å². The topological polar surface area (TPSA) is 6.48 Å². The molecular weight excluding hydrogens is 617 g/mol. The van der Waals surface area contributed by atoms with E-state index in [0.717, 1.165) is 69.1 Å². The molecule has 1 aliphatic rings. The van der Waals surface area contributed by atoms with E-state index in [1.165, 1.54) is 11.1 Å². The van der Waals surface area contributed by atoms with Gasteiger partial charge in [0.1, 0.15) is 0 Å². The van der Waals surface area contributed by atoms with E-state index in [2.05, 4.69) is 170 Å². The highest BCUT2D eigenvalue weighted by atomic mass is 15.2. The number of benzene rings is 4. The summed E-state index contributed by atoms with van der Waals surface area (Å²) in [5.41, 5.74) is 16.6.